The van der Waals surface area contributed by atoms with Gasteiger partial charge < -0.3 is 19.6 Å². The van der Waals surface area contributed by atoms with Crippen LogP contribution < -0.4 is 4.90 Å². The molecular weight excluding hydrogens is 368 g/mol. The fourth-order valence-corrected chi connectivity index (χ4v) is 4.57. The average Bonchev–Trinajstić information content (AvgIpc) is 3.27. The average molecular weight is 394 g/mol. The van der Waals surface area contributed by atoms with Crippen molar-refractivity contribution in [3.63, 3.8) is 0 Å². The van der Waals surface area contributed by atoms with Gasteiger partial charge in [0.25, 0.3) is 5.91 Å². The van der Waals surface area contributed by atoms with E-state index in [0.29, 0.717) is 38.2 Å². The maximum absolute atomic E-state index is 13.5. The lowest BCUT2D eigenvalue weighted by Crippen LogP contribution is -2.43. The Hall–Kier alpha value is -2.86. The highest BCUT2D eigenvalue weighted by molar-refractivity contribution is 6.09. The summed E-state index contributed by atoms with van der Waals surface area (Å²) in [5.41, 5.74) is 2.55. The first-order valence-electron chi connectivity index (χ1n) is 9.97. The van der Waals surface area contributed by atoms with Crippen LogP contribution in [-0.2, 0) is 14.9 Å². The number of ether oxygens (including phenoxy) is 1. The molecule has 0 radical (unpaired) electrons. The number of aromatic hydroxyl groups is 1. The number of phenols is 1. The van der Waals surface area contributed by atoms with Gasteiger partial charge in [-0.1, -0.05) is 24.3 Å². The van der Waals surface area contributed by atoms with Gasteiger partial charge in [-0.3, -0.25) is 9.59 Å². The van der Waals surface area contributed by atoms with E-state index in [1.165, 1.54) is 6.07 Å². The van der Waals surface area contributed by atoms with Crippen LogP contribution in [0.25, 0.3) is 0 Å². The van der Waals surface area contributed by atoms with Gasteiger partial charge in [0, 0.05) is 44.6 Å². The Morgan fingerprint density at radius 2 is 2.03 bits per heavy atom. The number of aryl methyl sites for hydroxylation is 1. The van der Waals surface area contributed by atoms with E-state index in [4.69, 9.17) is 4.74 Å². The largest absolute Gasteiger partial charge is 0.508 e. The summed E-state index contributed by atoms with van der Waals surface area (Å²) in [5, 5.41) is 9.80. The van der Waals surface area contributed by atoms with E-state index in [2.05, 4.69) is 0 Å². The van der Waals surface area contributed by atoms with Gasteiger partial charge in [-0.2, -0.15) is 0 Å². The fraction of sp³-hybridized carbons (Fsp3) is 0.391. The van der Waals surface area contributed by atoms with Crippen molar-refractivity contribution >= 4 is 17.5 Å². The second-order valence-corrected chi connectivity index (χ2v) is 7.88. The summed E-state index contributed by atoms with van der Waals surface area (Å²) in [6, 6.07) is 12.7. The van der Waals surface area contributed by atoms with Crippen LogP contribution in [0.2, 0.25) is 0 Å². The molecule has 2 aromatic rings. The number of phenolic OH excluding ortho intramolecular Hbond substituents is 1. The molecule has 6 heteroatoms. The Morgan fingerprint density at radius 3 is 2.83 bits per heavy atom. The minimum atomic E-state index is -0.690. The number of methoxy groups -OCH3 is 1. The lowest BCUT2D eigenvalue weighted by atomic mass is 9.81. The van der Waals surface area contributed by atoms with Crippen molar-refractivity contribution < 1.29 is 19.4 Å². The number of benzene rings is 2. The van der Waals surface area contributed by atoms with Crippen LogP contribution >= 0.6 is 0 Å². The van der Waals surface area contributed by atoms with Crippen LogP contribution in [-0.4, -0.2) is 55.2 Å². The summed E-state index contributed by atoms with van der Waals surface area (Å²) < 4.78 is 5.15. The van der Waals surface area contributed by atoms with Crippen molar-refractivity contribution in [2.75, 3.05) is 38.3 Å². The molecule has 2 aliphatic rings. The van der Waals surface area contributed by atoms with E-state index < -0.39 is 5.41 Å². The van der Waals surface area contributed by atoms with Crippen molar-refractivity contribution in [2.24, 2.45) is 0 Å². The van der Waals surface area contributed by atoms with Gasteiger partial charge in [0.1, 0.15) is 5.75 Å². The van der Waals surface area contributed by atoms with Crippen LogP contribution in [0.1, 0.15) is 34.3 Å². The van der Waals surface area contributed by atoms with E-state index in [1.54, 1.807) is 24.1 Å². The highest BCUT2D eigenvalue weighted by atomic mass is 16.5. The second-order valence-electron chi connectivity index (χ2n) is 7.88. The second kappa shape index (κ2) is 7.52. The predicted molar refractivity (Wildman–Crippen MR) is 110 cm³/mol. The fourth-order valence-electron chi connectivity index (χ4n) is 4.57. The quantitative estimate of drug-likeness (QED) is 0.792. The van der Waals surface area contributed by atoms with Crippen LogP contribution in [0.4, 0.5) is 5.69 Å². The summed E-state index contributed by atoms with van der Waals surface area (Å²) in [6.45, 7) is 3.93. The number of hydrogen-bond donors (Lipinski definition) is 1. The number of carbonyl (C=O) groups excluding carboxylic acids is 2. The molecule has 1 unspecified atom stereocenters. The van der Waals surface area contributed by atoms with Gasteiger partial charge in [0.15, 0.2) is 0 Å². The third-order valence-electron chi connectivity index (χ3n) is 6.10. The van der Waals surface area contributed by atoms with Gasteiger partial charge in [-0.15, -0.1) is 0 Å². The van der Waals surface area contributed by atoms with Crippen molar-refractivity contribution in [3.8, 4) is 5.75 Å². The van der Waals surface area contributed by atoms with E-state index in [0.717, 1.165) is 23.2 Å². The molecule has 2 aliphatic heterocycles. The maximum atomic E-state index is 13.5. The zero-order valence-electron chi connectivity index (χ0n) is 16.9. The molecule has 2 amide bonds. The van der Waals surface area contributed by atoms with Gasteiger partial charge in [0.2, 0.25) is 5.91 Å². The van der Waals surface area contributed by atoms with Crippen molar-refractivity contribution in [1.82, 2.24) is 4.90 Å². The maximum Gasteiger partial charge on any atom is 0.254 e. The number of hydrogen-bond acceptors (Lipinski definition) is 4. The third kappa shape index (κ3) is 3.17. The first kappa shape index (κ1) is 19.5. The summed E-state index contributed by atoms with van der Waals surface area (Å²) in [7, 11) is 1.66. The van der Waals surface area contributed by atoms with E-state index in [1.807, 2.05) is 36.1 Å². The molecule has 152 valence electrons. The number of likely N-dealkylation sites (tertiary alicyclic amines) is 1. The number of anilines is 1. The van der Waals surface area contributed by atoms with E-state index in [-0.39, 0.29) is 17.6 Å². The molecule has 29 heavy (non-hydrogen) atoms. The minimum Gasteiger partial charge on any atom is -0.508 e. The Labute approximate surface area is 170 Å². The molecule has 0 aromatic heterocycles. The molecule has 1 fully saturated rings. The molecule has 0 bridgehead atoms. The Balaban J connectivity index is 1.63. The Bertz CT molecular complexity index is 958. The Morgan fingerprint density at radius 1 is 1.24 bits per heavy atom. The zero-order valence-corrected chi connectivity index (χ0v) is 16.9. The SMILES string of the molecule is COCCCN1C(=O)C2(CCN(C(=O)c3cc(O)ccc3C)C2)c2ccccc21. The van der Waals surface area contributed by atoms with Crippen LogP contribution in [0.3, 0.4) is 0 Å². The Kier molecular flexibility index (Phi) is 5.04. The standard InChI is InChI=1S/C23H26N2O4/c1-16-8-9-17(26)14-18(16)21(27)24-12-10-23(15-24)19-6-3-4-7-20(19)25(22(23)28)11-5-13-29-2/h3-4,6-9,14,26H,5,10-13,15H2,1-2H3. The summed E-state index contributed by atoms with van der Waals surface area (Å²) >= 11 is 0. The monoisotopic (exact) mass is 394 g/mol. The molecular formula is C23H26N2O4. The van der Waals surface area contributed by atoms with Crippen molar-refractivity contribution in [1.29, 1.82) is 0 Å². The lowest BCUT2D eigenvalue weighted by molar-refractivity contribution is -0.122. The number of rotatable bonds is 5. The number of amides is 2. The highest BCUT2D eigenvalue weighted by Gasteiger charge is 2.54. The molecule has 0 saturated carbocycles. The topological polar surface area (TPSA) is 70.1 Å². The van der Waals surface area contributed by atoms with E-state index in [9.17, 15) is 14.7 Å². The van der Waals surface area contributed by atoms with E-state index >= 15 is 0 Å². The number of nitrogens with zero attached hydrogens (tertiary/aromatic N) is 2. The van der Waals surface area contributed by atoms with Crippen molar-refractivity contribution in [2.45, 2.75) is 25.2 Å². The van der Waals surface area contributed by atoms with Crippen molar-refractivity contribution in [3.05, 3.63) is 59.2 Å². The molecule has 2 aromatic carbocycles. The smallest absolute Gasteiger partial charge is 0.254 e. The zero-order chi connectivity index (χ0) is 20.6. The molecule has 6 nitrogen and oxygen atoms in total. The summed E-state index contributed by atoms with van der Waals surface area (Å²) in [6.07, 6.45) is 1.37. The van der Waals surface area contributed by atoms with Gasteiger partial charge in [0.05, 0.1) is 5.41 Å². The molecule has 1 atom stereocenters. The van der Waals surface area contributed by atoms with Gasteiger partial charge in [-0.05, 0) is 49.1 Å². The number of fused-ring (bicyclic) bond motifs is 2. The summed E-state index contributed by atoms with van der Waals surface area (Å²) in [5.74, 6) is -0.00408. The predicted octanol–water partition coefficient (Wildman–Crippen LogP) is 2.87. The highest BCUT2D eigenvalue weighted by Crippen LogP contribution is 2.47. The number of para-hydroxylation sites is 1. The molecule has 1 N–H and O–H groups in total. The van der Waals surface area contributed by atoms with Gasteiger partial charge in [-0.25, -0.2) is 0 Å². The summed E-state index contributed by atoms with van der Waals surface area (Å²) in [4.78, 5) is 30.3. The first-order valence-corrected chi connectivity index (χ1v) is 9.97. The normalized spacial score (nSPS) is 20.6. The van der Waals surface area contributed by atoms with Crippen LogP contribution in [0, 0.1) is 6.92 Å². The third-order valence-corrected chi connectivity index (χ3v) is 6.10. The van der Waals surface area contributed by atoms with Crippen LogP contribution in [0.5, 0.6) is 5.75 Å². The molecule has 4 rings (SSSR count). The molecule has 0 aliphatic carbocycles. The number of carbonyl (C=O) groups is 2. The molecule has 1 spiro atoms. The van der Waals surface area contributed by atoms with Crippen LogP contribution in [0.15, 0.2) is 42.5 Å². The lowest BCUT2D eigenvalue weighted by Gasteiger charge is -2.25. The minimum absolute atomic E-state index is 0.0673. The molecule has 1 saturated heterocycles. The first-order chi connectivity index (χ1) is 14.0. The molecule has 2 heterocycles. The van der Waals surface area contributed by atoms with Gasteiger partial charge >= 0.3 is 0 Å².